The van der Waals surface area contributed by atoms with Gasteiger partial charge in [0.25, 0.3) is 0 Å². The van der Waals surface area contributed by atoms with Crippen LogP contribution in [-0.2, 0) is 10.0 Å². The number of aliphatic imine (C=N–C) groups is 1. The highest BCUT2D eigenvalue weighted by atomic mass is 127. The maximum Gasteiger partial charge on any atom is 0.215 e. The van der Waals surface area contributed by atoms with Crippen LogP contribution in [0.3, 0.4) is 0 Å². The number of hydrogen-bond donors (Lipinski definition) is 2. The van der Waals surface area contributed by atoms with Crippen molar-refractivity contribution in [2.45, 2.75) is 12.8 Å². The van der Waals surface area contributed by atoms with Crippen LogP contribution in [0.25, 0.3) is 0 Å². The van der Waals surface area contributed by atoms with Crippen molar-refractivity contribution in [2.24, 2.45) is 4.99 Å². The molecule has 0 aromatic carbocycles. The van der Waals surface area contributed by atoms with E-state index in [2.05, 4.69) is 34.0 Å². The van der Waals surface area contributed by atoms with Crippen LogP contribution in [0.4, 0.5) is 0 Å². The number of halogens is 1. The summed E-state index contributed by atoms with van der Waals surface area (Å²) in [6.45, 7) is 4.52. The second-order valence-corrected chi connectivity index (χ2v) is 9.92. The van der Waals surface area contributed by atoms with E-state index in [1.807, 2.05) is 6.07 Å². The summed E-state index contributed by atoms with van der Waals surface area (Å²) in [6, 6.07) is 4.17. The van der Waals surface area contributed by atoms with E-state index in [-0.39, 0.29) is 29.7 Å². The lowest BCUT2D eigenvalue weighted by atomic mass is 10.1. The molecule has 2 heterocycles. The summed E-state index contributed by atoms with van der Waals surface area (Å²) in [6.07, 6.45) is 0. The molecule has 6 nitrogen and oxygen atoms in total. The Morgan fingerprint density at radius 2 is 2.08 bits per heavy atom. The van der Waals surface area contributed by atoms with Crippen LogP contribution in [-0.4, -0.2) is 69.2 Å². The first-order chi connectivity index (χ1) is 11.5. The van der Waals surface area contributed by atoms with Gasteiger partial charge in [0.1, 0.15) is 0 Å². The highest BCUT2D eigenvalue weighted by Crippen LogP contribution is 2.19. The highest BCUT2D eigenvalue weighted by molar-refractivity contribution is 14.0. The fraction of sp³-hybridized carbons (Fsp3) is 0.667. The molecule has 1 saturated heterocycles. The minimum atomic E-state index is -3.18. The zero-order valence-electron chi connectivity index (χ0n) is 14.6. The van der Waals surface area contributed by atoms with Gasteiger partial charge in [0.15, 0.2) is 5.96 Å². The van der Waals surface area contributed by atoms with Crippen molar-refractivity contribution in [3.05, 3.63) is 22.4 Å². The van der Waals surface area contributed by atoms with Crippen molar-refractivity contribution >= 4 is 63.1 Å². The maximum atomic E-state index is 12.3. The summed E-state index contributed by atoms with van der Waals surface area (Å²) in [4.78, 5) is 5.48. The predicted molar refractivity (Wildman–Crippen MR) is 120 cm³/mol. The van der Waals surface area contributed by atoms with Crippen molar-refractivity contribution in [1.82, 2.24) is 14.9 Å². The Labute approximate surface area is 176 Å². The quantitative estimate of drug-likeness (QED) is 0.328. The van der Waals surface area contributed by atoms with Gasteiger partial charge >= 0.3 is 0 Å². The number of thioether (sulfide) groups is 1. The molecule has 1 fully saturated rings. The average molecular weight is 519 g/mol. The minimum absolute atomic E-state index is 0. The lowest BCUT2D eigenvalue weighted by molar-refractivity contribution is 0.443. The molecule has 25 heavy (non-hydrogen) atoms. The lowest BCUT2D eigenvalue weighted by Gasteiger charge is -2.25. The molecule has 0 spiro atoms. The minimum Gasteiger partial charge on any atom is -0.356 e. The largest absolute Gasteiger partial charge is 0.356 e. The SMILES string of the molecule is CN=C(NCCS(=O)(=O)N1CCSCC1)NCC(C)c1cccs1.I. The van der Waals surface area contributed by atoms with Crippen LogP contribution in [0.5, 0.6) is 0 Å². The first kappa shape index (κ1) is 23.0. The van der Waals surface area contributed by atoms with Gasteiger partial charge in [-0.25, -0.2) is 12.7 Å². The first-order valence-corrected chi connectivity index (χ1v) is 11.7. The van der Waals surface area contributed by atoms with Crippen molar-refractivity contribution < 1.29 is 8.42 Å². The lowest BCUT2D eigenvalue weighted by Crippen LogP contribution is -2.44. The molecule has 2 N–H and O–H groups in total. The van der Waals surface area contributed by atoms with Crippen LogP contribution < -0.4 is 10.6 Å². The molecule has 1 aliphatic heterocycles. The number of nitrogens with one attached hydrogen (secondary N) is 2. The molecule has 1 aromatic heterocycles. The van der Waals surface area contributed by atoms with E-state index in [1.54, 1.807) is 34.5 Å². The van der Waals surface area contributed by atoms with Gasteiger partial charge in [0, 0.05) is 55.5 Å². The molecule has 1 aromatic rings. The maximum absolute atomic E-state index is 12.3. The van der Waals surface area contributed by atoms with Crippen molar-refractivity contribution in [3.8, 4) is 0 Å². The second-order valence-electron chi connectivity index (χ2n) is 5.62. The Kier molecular flexibility index (Phi) is 10.7. The van der Waals surface area contributed by atoms with E-state index in [0.717, 1.165) is 18.1 Å². The van der Waals surface area contributed by atoms with Gasteiger partial charge in [-0.15, -0.1) is 35.3 Å². The Hall–Kier alpha value is -0.0400. The molecule has 1 aliphatic rings. The molecule has 0 bridgehead atoms. The smallest absolute Gasteiger partial charge is 0.215 e. The molecule has 0 radical (unpaired) electrons. The van der Waals surface area contributed by atoms with E-state index < -0.39 is 10.0 Å². The van der Waals surface area contributed by atoms with E-state index in [4.69, 9.17) is 0 Å². The second kappa shape index (κ2) is 11.6. The summed E-state index contributed by atoms with van der Waals surface area (Å²) >= 11 is 3.55. The standard InChI is InChI=1S/C15H26N4O2S3.HI/c1-13(14-4-3-8-23-14)12-18-15(16-2)17-5-11-24(20,21)19-6-9-22-10-7-19;/h3-4,8,13H,5-7,9-12H2,1-2H3,(H2,16,17,18);1H. The van der Waals surface area contributed by atoms with Gasteiger partial charge < -0.3 is 10.6 Å². The third-order valence-electron chi connectivity index (χ3n) is 3.84. The monoisotopic (exact) mass is 518 g/mol. The topological polar surface area (TPSA) is 73.8 Å². The molecule has 0 amide bonds. The van der Waals surface area contributed by atoms with E-state index >= 15 is 0 Å². The summed E-state index contributed by atoms with van der Waals surface area (Å²) < 4.78 is 26.2. The fourth-order valence-electron chi connectivity index (χ4n) is 2.39. The van der Waals surface area contributed by atoms with Crippen LogP contribution in [0.15, 0.2) is 22.5 Å². The Balaban J connectivity index is 0.00000312. The van der Waals surface area contributed by atoms with Gasteiger partial charge in [-0.1, -0.05) is 13.0 Å². The summed E-state index contributed by atoms with van der Waals surface area (Å²) in [5, 5.41) is 8.43. The van der Waals surface area contributed by atoms with Crippen molar-refractivity contribution in [2.75, 3.05) is 50.5 Å². The molecule has 0 saturated carbocycles. The van der Waals surface area contributed by atoms with Crippen molar-refractivity contribution in [3.63, 3.8) is 0 Å². The number of sulfonamides is 1. The van der Waals surface area contributed by atoms with Gasteiger partial charge in [0.05, 0.1) is 5.75 Å². The van der Waals surface area contributed by atoms with Crippen LogP contribution >= 0.6 is 47.1 Å². The Bertz CT molecular complexity index is 617. The van der Waals surface area contributed by atoms with Crippen LogP contribution in [0.1, 0.15) is 17.7 Å². The normalized spacial score (nSPS) is 17.6. The number of thiophene rings is 1. The summed E-state index contributed by atoms with van der Waals surface area (Å²) in [7, 11) is -1.48. The molecule has 1 unspecified atom stereocenters. The third kappa shape index (κ3) is 7.61. The molecule has 2 rings (SSSR count). The van der Waals surface area contributed by atoms with Gasteiger partial charge in [-0.2, -0.15) is 11.8 Å². The average Bonchev–Trinajstić information content (AvgIpc) is 3.13. The molecule has 144 valence electrons. The van der Waals surface area contributed by atoms with Crippen LogP contribution in [0.2, 0.25) is 0 Å². The zero-order valence-corrected chi connectivity index (χ0v) is 19.4. The number of guanidine groups is 1. The van der Waals surface area contributed by atoms with Gasteiger partial charge in [-0.05, 0) is 11.4 Å². The highest BCUT2D eigenvalue weighted by Gasteiger charge is 2.23. The molecule has 0 aliphatic carbocycles. The van der Waals surface area contributed by atoms with E-state index in [0.29, 0.717) is 31.5 Å². The zero-order chi connectivity index (χ0) is 17.4. The number of hydrogen-bond acceptors (Lipinski definition) is 5. The molecular formula is C15H27IN4O2S3. The Morgan fingerprint density at radius 3 is 2.68 bits per heavy atom. The summed E-state index contributed by atoms with van der Waals surface area (Å²) in [5.41, 5.74) is 0. The van der Waals surface area contributed by atoms with Gasteiger partial charge in [0.2, 0.25) is 10.0 Å². The summed E-state index contributed by atoms with van der Waals surface area (Å²) in [5.74, 6) is 2.90. The molecule has 10 heteroatoms. The molecule has 1 atom stereocenters. The van der Waals surface area contributed by atoms with Crippen molar-refractivity contribution in [1.29, 1.82) is 0 Å². The first-order valence-electron chi connectivity index (χ1n) is 8.06. The fourth-order valence-corrected chi connectivity index (χ4v) is 5.67. The van der Waals surface area contributed by atoms with Crippen LogP contribution in [0, 0.1) is 0 Å². The molecular weight excluding hydrogens is 491 g/mol. The van der Waals surface area contributed by atoms with E-state index in [9.17, 15) is 8.42 Å². The number of nitrogens with zero attached hydrogens (tertiary/aromatic N) is 2. The predicted octanol–water partition coefficient (Wildman–Crippen LogP) is 2.01. The Morgan fingerprint density at radius 1 is 1.36 bits per heavy atom. The number of rotatable bonds is 7. The van der Waals surface area contributed by atoms with E-state index in [1.165, 1.54) is 4.88 Å². The van der Waals surface area contributed by atoms with Gasteiger partial charge in [-0.3, -0.25) is 4.99 Å². The third-order valence-corrected chi connectivity index (χ3v) is 7.76.